The average molecular weight is 376 g/mol. The molecule has 1 amide bonds. The van der Waals surface area contributed by atoms with Gasteiger partial charge in [0.2, 0.25) is 0 Å². The van der Waals surface area contributed by atoms with Crippen molar-refractivity contribution < 1.29 is 4.79 Å². The number of likely N-dealkylation sites (tertiary alicyclic amines) is 1. The first-order valence-electron chi connectivity index (χ1n) is 9.83. The maximum Gasteiger partial charge on any atom is 0.254 e. The highest BCUT2D eigenvalue weighted by atomic mass is 16.2. The van der Waals surface area contributed by atoms with E-state index in [-0.39, 0.29) is 5.91 Å². The van der Waals surface area contributed by atoms with Gasteiger partial charge < -0.3 is 14.8 Å². The maximum atomic E-state index is 12.8. The van der Waals surface area contributed by atoms with Crippen LogP contribution in [0.3, 0.4) is 0 Å². The number of nitrogens with one attached hydrogen (secondary N) is 1. The van der Waals surface area contributed by atoms with E-state index in [1.165, 1.54) is 0 Å². The number of hydrogen-bond donors (Lipinski definition) is 1. The topological polar surface area (TPSA) is 68.4 Å². The monoisotopic (exact) mass is 376 g/mol. The van der Waals surface area contributed by atoms with Crippen LogP contribution >= 0.6 is 0 Å². The molecule has 2 aliphatic rings. The number of fused-ring (bicyclic) bond motifs is 1. The summed E-state index contributed by atoms with van der Waals surface area (Å²) in [6, 6.07) is 12.2. The number of nitrogens with zero attached hydrogens (tertiary/aromatic N) is 5. The molecule has 4 heterocycles. The Balaban J connectivity index is 1.16. The van der Waals surface area contributed by atoms with Gasteiger partial charge in [0.25, 0.3) is 5.91 Å². The number of aromatic nitrogens is 3. The molecule has 1 aromatic carbocycles. The molecule has 0 bridgehead atoms. The molecule has 3 aromatic rings. The van der Waals surface area contributed by atoms with E-state index in [1.807, 2.05) is 48.4 Å². The predicted molar refractivity (Wildman–Crippen MR) is 109 cm³/mol. The van der Waals surface area contributed by atoms with Crippen molar-refractivity contribution in [2.24, 2.45) is 0 Å². The molecular weight excluding hydrogens is 352 g/mol. The number of aromatic amines is 1. The largest absolute Gasteiger partial charge is 0.354 e. The van der Waals surface area contributed by atoms with Gasteiger partial charge in [-0.1, -0.05) is 6.07 Å². The van der Waals surface area contributed by atoms with Gasteiger partial charge >= 0.3 is 0 Å². The van der Waals surface area contributed by atoms with Crippen LogP contribution in [0.15, 0.2) is 42.6 Å². The van der Waals surface area contributed by atoms with E-state index in [0.717, 1.165) is 67.5 Å². The lowest BCUT2D eigenvalue weighted by Gasteiger charge is -2.48. The number of hydrogen-bond acceptors (Lipinski definition) is 5. The van der Waals surface area contributed by atoms with Crippen molar-refractivity contribution in [3.8, 4) is 0 Å². The first kappa shape index (κ1) is 17.2. The fraction of sp³-hybridized carbons (Fsp3) is 0.381. The Morgan fingerprint density at radius 1 is 1.11 bits per heavy atom. The van der Waals surface area contributed by atoms with E-state index >= 15 is 0 Å². The van der Waals surface area contributed by atoms with Crippen LogP contribution in [0.1, 0.15) is 16.2 Å². The van der Waals surface area contributed by atoms with Gasteiger partial charge in [0.15, 0.2) is 0 Å². The van der Waals surface area contributed by atoms with Crippen LogP contribution in [0.4, 0.5) is 5.82 Å². The van der Waals surface area contributed by atoms with Crippen molar-refractivity contribution in [3.63, 3.8) is 0 Å². The van der Waals surface area contributed by atoms with Crippen molar-refractivity contribution in [1.29, 1.82) is 0 Å². The molecule has 7 heteroatoms. The average Bonchev–Trinajstić information content (AvgIpc) is 3.07. The molecule has 2 fully saturated rings. The lowest BCUT2D eigenvalue weighted by molar-refractivity contribution is 0.0246. The molecule has 0 unspecified atom stereocenters. The van der Waals surface area contributed by atoms with Gasteiger partial charge in [-0.2, -0.15) is 0 Å². The first-order chi connectivity index (χ1) is 13.7. The Labute approximate surface area is 164 Å². The summed E-state index contributed by atoms with van der Waals surface area (Å²) in [7, 11) is 0. The number of aryl methyl sites for hydroxylation is 1. The second-order valence-electron chi connectivity index (χ2n) is 7.63. The van der Waals surface area contributed by atoms with Crippen molar-refractivity contribution in [2.45, 2.75) is 13.0 Å². The summed E-state index contributed by atoms with van der Waals surface area (Å²) < 4.78 is 0. The number of H-pyrrole nitrogens is 1. The fourth-order valence-electron chi connectivity index (χ4n) is 4.16. The number of carbonyl (C=O) groups excluding carboxylic acids is 1. The van der Waals surface area contributed by atoms with Gasteiger partial charge in [0.05, 0.1) is 11.0 Å². The summed E-state index contributed by atoms with van der Waals surface area (Å²) in [5, 5.41) is 0. The molecule has 0 radical (unpaired) electrons. The van der Waals surface area contributed by atoms with Crippen molar-refractivity contribution in [3.05, 3.63) is 54.0 Å². The SMILES string of the molecule is Cc1nc2ccc(C(=O)N3CC(N4CCN(c5ccccn5)CC4)C3)cc2[nH]1. The Bertz CT molecular complexity index is 987. The summed E-state index contributed by atoms with van der Waals surface area (Å²) in [5.41, 5.74) is 2.56. The smallest absolute Gasteiger partial charge is 0.254 e. The number of benzene rings is 1. The maximum absolute atomic E-state index is 12.8. The van der Waals surface area contributed by atoms with Crippen LogP contribution < -0.4 is 4.90 Å². The molecule has 0 saturated carbocycles. The summed E-state index contributed by atoms with van der Waals surface area (Å²) >= 11 is 0. The minimum atomic E-state index is 0.109. The molecule has 2 saturated heterocycles. The van der Waals surface area contributed by atoms with Crippen molar-refractivity contribution in [2.75, 3.05) is 44.2 Å². The van der Waals surface area contributed by atoms with Crippen LogP contribution in [0, 0.1) is 6.92 Å². The molecular formula is C21H24N6O. The number of rotatable bonds is 3. The van der Waals surface area contributed by atoms with Crippen LogP contribution in [-0.4, -0.2) is 76.0 Å². The third-order valence-electron chi connectivity index (χ3n) is 5.80. The van der Waals surface area contributed by atoms with Crippen LogP contribution in [0.5, 0.6) is 0 Å². The highest BCUT2D eigenvalue weighted by molar-refractivity contribution is 5.97. The second kappa shape index (κ2) is 6.91. The van der Waals surface area contributed by atoms with Crippen LogP contribution in [0.2, 0.25) is 0 Å². The standard InChI is InChI=1S/C21H24N6O/c1-15-23-18-6-5-16(12-19(18)24-15)21(28)27-13-17(14-27)25-8-10-26(11-9-25)20-4-2-3-7-22-20/h2-7,12,17H,8-11,13-14H2,1H3,(H,23,24). The van der Waals surface area contributed by atoms with Crippen LogP contribution in [0.25, 0.3) is 11.0 Å². The third kappa shape index (κ3) is 3.11. The van der Waals surface area contributed by atoms with Crippen molar-refractivity contribution in [1.82, 2.24) is 24.8 Å². The quantitative estimate of drug-likeness (QED) is 0.756. The van der Waals surface area contributed by atoms with E-state index in [2.05, 4.69) is 30.8 Å². The number of pyridine rings is 1. The van der Waals surface area contributed by atoms with Gasteiger partial charge in [-0.25, -0.2) is 9.97 Å². The Kier molecular flexibility index (Phi) is 4.24. The number of amides is 1. The minimum absolute atomic E-state index is 0.109. The fourth-order valence-corrected chi connectivity index (χ4v) is 4.16. The molecule has 2 aromatic heterocycles. The number of anilines is 1. The molecule has 28 heavy (non-hydrogen) atoms. The van der Waals surface area contributed by atoms with Gasteiger partial charge in [-0.3, -0.25) is 9.69 Å². The predicted octanol–water partition coefficient (Wildman–Crippen LogP) is 1.91. The zero-order valence-electron chi connectivity index (χ0n) is 16.0. The summed E-state index contributed by atoms with van der Waals surface area (Å²) in [6.07, 6.45) is 1.85. The lowest BCUT2D eigenvalue weighted by Crippen LogP contribution is -2.64. The second-order valence-corrected chi connectivity index (χ2v) is 7.63. The number of carbonyl (C=O) groups is 1. The lowest BCUT2D eigenvalue weighted by atomic mass is 10.0. The number of piperazine rings is 1. The Morgan fingerprint density at radius 3 is 2.68 bits per heavy atom. The zero-order chi connectivity index (χ0) is 19.1. The zero-order valence-corrected chi connectivity index (χ0v) is 16.0. The van der Waals surface area contributed by atoms with E-state index in [1.54, 1.807) is 0 Å². The molecule has 5 rings (SSSR count). The van der Waals surface area contributed by atoms with Crippen molar-refractivity contribution >= 4 is 22.8 Å². The summed E-state index contributed by atoms with van der Waals surface area (Å²) in [6.45, 7) is 7.54. The van der Waals surface area contributed by atoms with Gasteiger partial charge in [-0.05, 0) is 37.3 Å². The third-order valence-corrected chi connectivity index (χ3v) is 5.80. The van der Waals surface area contributed by atoms with E-state index in [0.29, 0.717) is 6.04 Å². The van der Waals surface area contributed by atoms with Gasteiger partial charge in [0.1, 0.15) is 11.6 Å². The molecule has 0 aliphatic carbocycles. The Hall–Kier alpha value is -2.93. The Morgan fingerprint density at radius 2 is 1.93 bits per heavy atom. The molecule has 0 spiro atoms. The molecule has 1 N–H and O–H groups in total. The first-order valence-corrected chi connectivity index (χ1v) is 9.83. The number of imidazole rings is 1. The van der Waals surface area contributed by atoms with E-state index < -0.39 is 0 Å². The summed E-state index contributed by atoms with van der Waals surface area (Å²) in [5.74, 6) is 2.03. The van der Waals surface area contributed by atoms with E-state index in [4.69, 9.17) is 0 Å². The summed E-state index contributed by atoms with van der Waals surface area (Å²) in [4.78, 5) is 31.6. The highest BCUT2D eigenvalue weighted by Gasteiger charge is 2.36. The minimum Gasteiger partial charge on any atom is -0.354 e. The molecule has 7 nitrogen and oxygen atoms in total. The van der Waals surface area contributed by atoms with Gasteiger partial charge in [-0.15, -0.1) is 0 Å². The van der Waals surface area contributed by atoms with E-state index in [9.17, 15) is 4.79 Å². The molecule has 2 aliphatic heterocycles. The molecule has 144 valence electrons. The normalized spacial score (nSPS) is 18.5. The van der Waals surface area contributed by atoms with Crippen LogP contribution in [-0.2, 0) is 0 Å². The highest BCUT2D eigenvalue weighted by Crippen LogP contribution is 2.22. The van der Waals surface area contributed by atoms with Gasteiger partial charge in [0, 0.05) is 57.1 Å². The molecule has 0 atom stereocenters.